The number of nitrogens with zero attached hydrogens (tertiary/aromatic N) is 2. The molecule has 3 aromatic rings. The van der Waals surface area contributed by atoms with Crippen molar-refractivity contribution < 1.29 is 5.11 Å². The van der Waals surface area contributed by atoms with E-state index in [-0.39, 0.29) is 5.75 Å². The minimum atomic E-state index is 0.241. The number of phenolic OH excluding ortho intramolecular Hbond substituents is 1. The van der Waals surface area contributed by atoms with Crippen LogP contribution in [0, 0.1) is 6.92 Å². The first-order valence-corrected chi connectivity index (χ1v) is 6.41. The summed E-state index contributed by atoms with van der Waals surface area (Å²) < 4.78 is 0. The van der Waals surface area contributed by atoms with E-state index in [1.165, 1.54) is 5.56 Å². The molecular formula is C17H14N2O. The Kier molecular flexibility index (Phi) is 3.17. The molecule has 0 bridgehead atoms. The maximum atomic E-state index is 9.28. The second kappa shape index (κ2) is 5.13. The molecule has 0 unspecified atom stereocenters. The number of aromatic nitrogens is 2. The van der Waals surface area contributed by atoms with Crippen LogP contribution in [0.25, 0.3) is 22.5 Å². The van der Waals surface area contributed by atoms with Gasteiger partial charge in [0.05, 0.1) is 0 Å². The predicted octanol–water partition coefficient (Wildman–Crippen LogP) is 3.82. The van der Waals surface area contributed by atoms with E-state index in [2.05, 4.69) is 41.2 Å². The molecule has 2 aromatic carbocycles. The summed E-state index contributed by atoms with van der Waals surface area (Å²) in [6, 6.07) is 15.1. The van der Waals surface area contributed by atoms with Crippen molar-refractivity contribution in [3.05, 3.63) is 66.5 Å². The fraction of sp³-hybridized carbons (Fsp3) is 0.0588. The highest BCUT2D eigenvalue weighted by molar-refractivity contribution is 5.64. The van der Waals surface area contributed by atoms with E-state index in [1.807, 2.05) is 12.4 Å². The van der Waals surface area contributed by atoms with Crippen LogP contribution < -0.4 is 0 Å². The molecule has 0 aliphatic carbocycles. The zero-order chi connectivity index (χ0) is 13.9. The Labute approximate surface area is 117 Å². The van der Waals surface area contributed by atoms with Gasteiger partial charge in [0.15, 0.2) is 5.82 Å². The van der Waals surface area contributed by atoms with Gasteiger partial charge in [-0.3, -0.25) is 0 Å². The standard InChI is InChI=1S/C17H14N2O/c1-12-2-4-13(5-3-12)15-10-18-17(19-11-15)14-6-8-16(20)9-7-14/h2-11,20H,1H3. The maximum Gasteiger partial charge on any atom is 0.159 e. The molecule has 0 atom stereocenters. The largest absolute Gasteiger partial charge is 0.508 e. The summed E-state index contributed by atoms with van der Waals surface area (Å²) in [4.78, 5) is 8.77. The van der Waals surface area contributed by atoms with Crippen LogP contribution in [0.1, 0.15) is 5.56 Å². The van der Waals surface area contributed by atoms with Crippen LogP contribution in [0.15, 0.2) is 60.9 Å². The van der Waals surface area contributed by atoms with Crippen molar-refractivity contribution in [3.8, 4) is 28.3 Å². The minimum Gasteiger partial charge on any atom is -0.508 e. The van der Waals surface area contributed by atoms with Gasteiger partial charge in [-0.1, -0.05) is 29.8 Å². The number of aromatic hydroxyl groups is 1. The lowest BCUT2D eigenvalue weighted by Crippen LogP contribution is -1.89. The van der Waals surface area contributed by atoms with Crippen molar-refractivity contribution in [1.29, 1.82) is 0 Å². The van der Waals surface area contributed by atoms with Gasteiger partial charge in [0.1, 0.15) is 5.75 Å². The van der Waals surface area contributed by atoms with Gasteiger partial charge in [-0.05, 0) is 36.8 Å². The number of benzene rings is 2. The van der Waals surface area contributed by atoms with Crippen molar-refractivity contribution in [1.82, 2.24) is 9.97 Å². The van der Waals surface area contributed by atoms with Crippen LogP contribution in [0.4, 0.5) is 0 Å². The van der Waals surface area contributed by atoms with Crippen LogP contribution in [-0.4, -0.2) is 15.1 Å². The molecule has 0 saturated heterocycles. The molecule has 20 heavy (non-hydrogen) atoms. The highest BCUT2D eigenvalue weighted by Gasteiger charge is 2.03. The van der Waals surface area contributed by atoms with Crippen LogP contribution in [0.3, 0.4) is 0 Å². The summed E-state index contributed by atoms with van der Waals surface area (Å²) in [7, 11) is 0. The normalized spacial score (nSPS) is 10.4. The number of aryl methyl sites for hydroxylation is 1. The third kappa shape index (κ3) is 2.52. The van der Waals surface area contributed by atoms with Crippen molar-refractivity contribution in [2.75, 3.05) is 0 Å². The van der Waals surface area contributed by atoms with E-state index < -0.39 is 0 Å². The van der Waals surface area contributed by atoms with Crippen LogP contribution in [-0.2, 0) is 0 Å². The van der Waals surface area contributed by atoms with E-state index in [1.54, 1.807) is 24.3 Å². The molecule has 1 N–H and O–H groups in total. The third-order valence-electron chi connectivity index (χ3n) is 3.16. The lowest BCUT2D eigenvalue weighted by atomic mass is 10.1. The summed E-state index contributed by atoms with van der Waals surface area (Å²) in [5.74, 6) is 0.894. The summed E-state index contributed by atoms with van der Waals surface area (Å²) in [6.45, 7) is 2.06. The number of hydrogen-bond acceptors (Lipinski definition) is 3. The van der Waals surface area contributed by atoms with Gasteiger partial charge in [0.2, 0.25) is 0 Å². The topological polar surface area (TPSA) is 46.0 Å². The highest BCUT2D eigenvalue weighted by Crippen LogP contribution is 2.22. The Morgan fingerprint density at radius 1 is 0.700 bits per heavy atom. The maximum absolute atomic E-state index is 9.28. The lowest BCUT2D eigenvalue weighted by Gasteiger charge is -2.04. The monoisotopic (exact) mass is 262 g/mol. The smallest absolute Gasteiger partial charge is 0.159 e. The van der Waals surface area contributed by atoms with Crippen molar-refractivity contribution in [2.24, 2.45) is 0 Å². The van der Waals surface area contributed by atoms with E-state index >= 15 is 0 Å². The Bertz CT molecular complexity index is 637. The molecule has 0 amide bonds. The molecule has 1 heterocycles. The molecule has 0 radical (unpaired) electrons. The molecule has 0 fully saturated rings. The molecule has 3 rings (SSSR count). The van der Waals surface area contributed by atoms with Crippen LogP contribution in [0.5, 0.6) is 5.75 Å². The Hall–Kier alpha value is -2.68. The van der Waals surface area contributed by atoms with Crippen molar-refractivity contribution >= 4 is 0 Å². The first-order valence-electron chi connectivity index (χ1n) is 6.41. The Balaban J connectivity index is 1.91. The van der Waals surface area contributed by atoms with Gasteiger partial charge >= 0.3 is 0 Å². The molecule has 1 aromatic heterocycles. The summed E-state index contributed by atoms with van der Waals surface area (Å²) in [5.41, 5.74) is 4.22. The van der Waals surface area contributed by atoms with Gasteiger partial charge in [-0.15, -0.1) is 0 Å². The minimum absolute atomic E-state index is 0.241. The predicted molar refractivity (Wildman–Crippen MR) is 79.3 cm³/mol. The molecular weight excluding hydrogens is 248 g/mol. The fourth-order valence-corrected chi connectivity index (χ4v) is 1.98. The molecule has 0 spiro atoms. The summed E-state index contributed by atoms with van der Waals surface area (Å²) in [6.07, 6.45) is 3.64. The summed E-state index contributed by atoms with van der Waals surface area (Å²) in [5, 5.41) is 9.28. The van der Waals surface area contributed by atoms with Crippen LogP contribution in [0.2, 0.25) is 0 Å². The number of rotatable bonds is 2. The quantitative estimate of drug-likeness (QED) is 0.763. The van der Waals surface area contributed by atoms with Gasteiger partial charge < -0.3 is 5.11 Å². The molecule has 3 nitrogen and oxygen atoms in total. The van der Waals surface area contributed by atoms with Crippen LogP contribution >= 0.6 is 0 Å². The summed E-state index contributed by atoms with van der Waals surface area (Å²) >= 11 is 0. The van der Waals surface area contributed by atoms with Crippen molar-refractivity contribution in [3.63, 3.8) is 0 Å². The number of phenols is 1. The average Bonchev–Trinajstić information content (AvgIpc) is 2.49. The Morgan fingerprint density at radius 2 is 1.25 bits per heavy atom. The average molecular weight is 262 g/mol. The van der Waals surface area contributed by atoms with Crippen molar-refractivity contribution in [2.45, 2.75) is 6.92 Å². The zero-order valence-corrected chi connectivity index (χ0v) is 11.1. The van der Waals surface area contributed by atoms with Gasteiger partial charge in [0, 0.05) is 23.5 Å². The molecule has 0 aliphatic heterocycles. The zero-order valence-electron chi connectivity index (χ0n) is 11.1. The fourth-order valence-electron chi connectivity index (χ4n) is 1.98. The molecule has 0 saturated carbocycles. The SMILES string of the molecule is Cc1ccc(-c2cnc(-c3ccc(O)cc3)nc2)cc1. The highest BCUT2D eigenvalue weighted by atomic mass is 16.3. The molecule has 98 valence electrons. The van der Waals surface area contributed by atoms with Gasteiger partial charge in [-0.2, -0.15) is 0 Å². The lowest BCUT2D eigenvalue weighted by molar-refractivity contribution is 0.475. The third-order valence-corrected chi connectivity index (χ3v) is 3.16. The second-order valence-corrected chi connectivity index (χ2v) is 4.71. The Morgan fingerprint density at radius 3 is 1.85 bits per heavy atom. The van der Waals surface area contributed by atoms with Gasteiger partial charge in [0.25, 0.3) is 0 Å². The van der Waals surface area contributed by atoms with Gasteiger partial charge in [-0.25, -0.2) is 9.97 Å². The van der Waals surface area contributed by atoms with E-state index in [4.69, 9.17) is 0 Å². The van der Waals surface area contributed by atoms with E-state index in [9.17, 15) is 5.11 Å². The molecule has 0 aliphatic rings. The molecule has 3 heteroatoms. The second-order valence-electron chi connectivity index (χ2n) is 4.71. The number of hydrogen-bond donors (Lipinski definition) is 1. The first kappa shape index (κ1) is 12.4. The van der Waals surface area contributed by atoms with E-state index in [0.29, 0.717) is 5.82 Å². The first-order chi connectivity index (χ1) is 9.72. The van der Waals surface area contributed by atoms with E-state index in [0.717, 1.165) is 16.7 Å².